The van der Waals surface area contributed by atoms with Gasteiger partial charge in [0.15, 0.2) is 0 Å². The summed E-state index contributed by atoms with van der Waals surface area (Å²) in [5.74, 6) is 0. The van der Waals surface area contributed by atoms with Gasteiger partial charge in [-0.1, -0.05) is 74.4 Å². The third-order valence-corrected chi connectivity index (χ3v) is 6.14. The number of halogens is 2. The first kappa shape index (κ1) is 31.4. The van der Waals surface area contributed by atoms with Crippen LogP contribution in [0.15, 0.2) is 55.6 Å². The van der Waals surface area contributed by atoms with Crippen molar-refractivity contribution >= 4 is 0 Å². The van der Waals surface area contributed by atoms with Gasteiger partial charge < -0.3 is 24.8 Å². The molecule has 1 radical (unpaired) electrons. The Hall–Kier alpha value is -0.617. The first-order valence-corrected chi connectivity index (χ1v) is 11.7. The Bertz CT molecular complexity index is 745. The second-order valence-corrected chi connectivity index (χ2v) is 8.53. The van der Waals surface area contributed by atoms with Crippen LogP contribution in [-0.4, -0.2) is 0 Å². The summed E-state index contributed by atoms with van der Waals surface area (Å²) in [6.07, 6.45) is 20.2. The summed E-state index contributed by atoms with van der Waals surface area (Å²) in [5, 5.41) is 0. The van der Waals surface area contributed by atoms with Gasteiger partial charge in [0, 0.05) is 0 Å². The fourth-order valence-electron chi connectivity index (χ4n) is 4.46. The van der Waals surface area contributed by atoms with Crippen LogP contribution in [0.2, 0.25) is 0 Å². The minimum atomic E-state index is 0. The maximum atomic E-state index is 3.80. The number of benzene rings is 2. The second-order valence-electron chi connectivity index (χ2n) is 8.53. The Labute approximate surface area is 228 Å². The summed E-state index contributed by atoms with van der Waals surface area (Å²) in [6.45, 7) is 7.61. The van der Waals surface area contributed by atoms with Gasteiger partial charge in [0.05, 0.1) is 0 Å². The molecule has 2 aromatic rings. The van der Waals surface area contributed by atoms with Crippen LogP contribution in [0.4, 0.5) is 0 Å². The normalized spacial score (nSPS) is 10.8. The van der Waals surface area contributed by atoms with Gasteiger partial charge in [-0.15, -0.1) is 24.3 Å². The third kappa shape index (κ3) is 9.71. The average Bonchev–Trinajstić information content (AvgIpc) is 3.10. The van der Waals surface area contributed by atoms with E-state index >= 15 is 0 Å². The fourth-order valence-corrected chi connectivity index (χ4v) is 4.46. The Morgan fingerprint density at radius 1 is 0.719 bits per heavy atom. The van der Waals surface area contributed by atoms with Crippen LogP contribution >= 0.6 is 0 Å². The molecule has 32 heavy (non-hydrogen) atoms. The fraction of sp³-hybridized carbons (Fsp3) is 0.448. The molecule has 0 spiro atoms. The quantitative estimate of drug-likeness (QED) is 0.165. The molecule has 2 aromatic carbocycles. The number of aryl methyl sites for hydroxylation is 2. The Morgan fingerprint density at radius 2 is 1.31 bits per heavy atom. The summed E-state index contributed by atoms with van der Waals surface area (Å²) < 4.78 is 0. The summed E-state index contributed by atoms with van der Waals surface area (Å²) in [6, 6.07) is 15.5. The molecule has 3 heteroatoms. The maximum absolute atomic E-state index is 3.80. The van der Waals surface area contributed by atoms with Gasteiger partial charge in [0.1, 0.15) is 0 Å². The van der Waals surface area contributed by atoms with Crippen molar-refractivity contribution in [3.63, 3.8) is 0 Å². The molecule has 0 bridgehead atoms. The largest absolute Gasteiger partial charge is 3.00 e. The van der Waals surface area contributed by atoms with Gasteiger partial charge in [0.2, 0.25) is 0 Å². The number of fused-ring (bicyclic) bond motifs is 3. The van der Waals surface area contributed by atoms with Crippen molar-refractivity contribution in [2.24, 2.45) is 0 Å². The Morgan fingerprint density at radius 3 is 1.97 bits per heavy atom. The summed E-state index contributed by atoms with van der Waals surface area (Å²) >= 11 is 0. The van der Waals surface area contributed by atoms with Crippen molar-refractivity contribution in [3.8, 4) is 11.1 Å². The minimum Gasteiger partial charge on any atom is -1.00 e. The predicted octanol–water partition coefficient (Wildman–Crippen LogP) is 2.42. The topological polar surface area (TPSA) is 0 Å². The maximum Gasteiger partial charge on any atom is 3.00 e. The van der Waals surface area contributed by atoms with Crippen molar-refractivity contribution in [1.82, 2.24) is 0 Å². The molecule has 0 N–H and O–H groups in total. The van der Waals surface area contributed by atoms with Crippen molar-refractivity contribution < 1.29 is 51.0 Å². The van der Waals surface area contributed by atoms with Crippen molar-refractivity contribution in [2.75, 3.05) is 0 Å². The second kappa shape index (κ2) is 17.8. The molecular weight excluding hydrogens is 510 g/mol. The van der Waals surface area contributed by atoms with Crippen molar-refractivity contribution in [1.29, 1.82) is 0 Å². The number of rotatable bonds is 14. The van der Waals surface area contributed by atoms with E-state index < -0.39 is 0 Å². The molecule has 0 atom stereocenters. The molecule has 0 aromatic heterocycles. The third-order valence-electron chi connectivity index (χ3n) is 6.14. The van der Waals surface area contributed by atoms with Gasteiger partial charge in [0.25, 0.3) is 0 Å². The SMILES string of the molecule is C=CCCCCCCc1[c-]c2c(cc1)-c1ccc(CCCCCCC=C)cc1C2.[Cl-].[Cl-].[Zr+3]. The van der Waals surface area contributed by atoms with E-state index in [0.717, 1.165) is 25.7 Å². The molecule has 3 rings (SSSR count). The standard InChI is InChI=1S/C29H37.2ClH.Zr/c1-3-5-7-9-11-13-15-24-17-19-28-26(21-24)23-27-22-25(18-20-29(27)28)16-14-12-10-8-6-4-2;;;/h3-4,17-21H,1-2,5-16,23H2;2*1H;/q-1;;;+3/p-2. The van der Waals surface area contributed by atoms with Crippen LogP contribution in [-0.2, 0) is 45.5 Å². The predicted molar refractivity (Wildman–Crippen MR) is 127 cm³/mol. The van der Waals surface area contributed by atoms with E-state index in [2.05, 4.69) is 49.6 Å². The Kier molecular flexibility index (Phi) is 17.5. The number of allylic oxidation sites excluding steroid dienone is 2. The molecule has 0 saturated carbocycles. The molecule has 1 aliphatic rings. The van der Waals surface area contributed by atoms with E-state index in [9.17, 15) is 0 Å². The number of unbranched alkanes of at least 4 members (excludes halogenated alkanes) is 8. The zero-order valence-electron chi connectivity index (χ0n) is 19.4. The van der Waals surface area contributed by atoms with Crippen LogP contribution in [0, 0.1) is 6.07 Å². The van der Waals surface area contributed by atoms with Gasteiger partial charge >= 0.3 is 26.2 Å². The van der Waals surface area contributed by atoms with E-state index in [0.29, 0.717) is 0 Å². The molecule has 0 aliphatic heterocycles. The molecule has 171 valence electrons. The number of hydrogen-bond donors (Lipinski definition) is 0. The van der Waals surface area contributed by atoms with E-state index in [-0.39, 0.29) is 51.0 Å². The van der Waals surface area contributed by atoms with Gasteiger partial charge in [-0.25, -0.2) is 0 Å². The van der Waals surface area contributed by atoms with Crippen LogP contribution in [0.3, 0.4) is 0 Å². The van der Waals surface area contributed by atoms with E-state index in [1.54, 1.807) is 0 Å². The smallest absolute Gasteiger partial charge is 1.00 e. The monoisotopic (exact) mass is 545 g/mol. The van der Waals surface area contributed by atoms with Gasteiger partial charge in [-0.2, -0.15) is 23.8 Å². The average molecular weight is 548 g/mol. The molecule has 0 nitrogen and oxygen atoms in total. The van der Waals surface area contributed by atoms with E-state index in [1.165, 1.54) is 91.2 Å². The Balaban J connectivity index is 0.00000320. The summed E-state index contributed by atoms with van der Waals surface area (Å²) in [5.41, 5.74) is 8.64. The van der Waals surface area contributed by atoms with Gasteiger partial charge in [-0.05, 0) is 56.1 Å². The van der Waals surface area contributed by atoms with Crippen molar-refractivity contribution in [2.45, 2.75) is 83.5 Å². The molecule has 0 unspecified atom stereocenters. The van der Waals surface area contributed by atoms with E-state index in [1.807, 2.05) is 12.2 Å². The zero-order chi connectivity index (χ0) is 20.3. The minimum absolute atomic E-state index is 0. The molecule has 1 aliphatic carbocycles. The van der Waals surface area contributed by atoms with Crippen LogP contribution in [0.25, 0.3) is 11.1 Å². The first-order chi connectivity index (χ1) is 14.3. The molecule has 0 heterocycles. The molecule has 0 saturated heterocycles. The molecular formula is C29H37Cl2Zr. The van der Waals surface area contributed by atoms with Crippen LogP contribution in [0.1, 0.15) is 86.5 Å². The summed E-state index contributed by atoms with van der Waals surface area (Å²) in [4.78, 5) is 0. The molecule has 0 amide bonds. The number of hydrogen-bond acceptors (Lipinski definition) is 0. The zero-order valence-corrected chi connectivity index (χ0v) is 23.4. The first-order valence-electron chi connectivity index (χ1n) is 11.7. The summed E-state index contributed by atoms with van der Waals surface area (Å²) in [7, 11) is 0. The molecule has 0 fully saturated rings. The van der Waals surface area contributed by atoms with Crippen molar-refractivity contribution in [3.05, 3.63) is 84.0 Å². The van der Waals surface area contributed by atoms with Crippen LogP contribution < -0.4 is 24.8 Å². The van der Waals surface area contributed by atoms with Gasteiger partial charge in [-0.3, -0.25) is 0 Å². The van der Waals surface area contributed by atoms with E-state index in [4.69, 9.17) is 0 Å². The van der Waals surface area contributed by atoms with Crippen LogP contribution in [0.5, 0.6) is 0 Å².